The third kappa shape index (κ3) is 6.38. The molecule has 3 aromatic carbocycles. The van der Waals surface area contributed by atoms with E-state index in [1.807, 2.05) is 36.4 Å². The highest BCUT2D eigenvalue weighted by atomic mass is 32.2. The summed E-state index contributed by atoms with van der Waals surface area (Å²) < 4.78 is 24.2. The first kappa shape index (κ1) is 23.0. The van der Waals surface area contributed by atoms with Gasteiger partial charge >= 0.3 is 0 Å². The molecule has 1 atom stereocenters. The molecule has 1 unspecified atom stereocenters. The third-order valence-electron chi connectivity index (χ3n) is 5.09. The smallest absolute Gasteiger partial charge is 0.240 e. The molecule has 7 heteroatoms. The first-order valence-electron chi connectivity index (χ1n) is 10.1. The lowest BCUT2D eigenvalue weighted by Gasteiger charge is -2.26. The van der Waals surface area contributed by atoms with Crippen molar-refractivity contribution in [3.8, 4) is 0 Å². The van der Waals surface area contributed by atoms with Crippen LogP contribution in [0.1, 0.15) is 22.8 Å². The Morgan fingerprint density at radius 2 is 1.39 bits per heavy atom. The molecule has 6 nitrogen and oxygen atoms in total. The fourth-order valence-electron chi connectivity index (χ4n) is 3.55. The number of anilines is 1. The van der Waals surface area contributed by atoms with Gasteiger partial charge in [0.15, 0.2) is 0 Å². The summed E-state index contributed by atoms with van der Waals surface area (Å²) in [5.41, 5.74) is 3.28. The van der Waals surface area contributed by atoms with Crippen molar-refractivity contribution in [1.29, 1.82) is 0 Å². The molecule has 0 aliphatic carbocycles. The van der Waals surface area contributed by atoms with Crippen molar-refractivity contribution in [2.24, 2.45) is 5.14 Å². The Hall–Kier alpha value is -2.71. The zero-order chi connectivity index (χ0) is 22.4. The van der Waals surface area contributed by atoms with E-state index in [1.165, 1.54) is 6.07 Å². The molecule has 0 saturated heterocycles. The van der Waals surface area contributed by atoms with Crippen LogP contribution in [0.25, 0.3) is 0 Å². The average Bonchev–Trinajstić information content (AvgIpc) is 2.74. The molecule has 3 aromatic rings. The summed E-state index contributed by atoms with van der Waals surface area (Å²) in [6.07, 6.45) is -0.871. The molecule has 0 fully saturated rings. The van der Waals surface area contributed by atoms with E-state index in [1.54, 1.807) is 31.1 Å². The quantitative estimate of drug-likeness (QED) is 0.535. The standard InChI is InChI=1S/C24H29N3O3S/c1-26(2)22-14-13-21(15-24(22)31(25,29)30)23(28)18-27(16-19-9-5-3-6-10-19)17-20-11-7-4-8-12-20/h3-15,23,28H,16-18H2,1-2H3,(H2,25,29,30). The van der Waals surface area contributed by atoms with Crippen molar-refractivity contribution in [2.45, 2.75) is 24.1 Å². The van der Waals surface area contributed by atoms with Crippen molar-refractivity contribution < 1.29 is 13.5 Å². The van der Waals surface area contributed by atoms with Gasteiger partial charge in [0, 0.05) is 33.7 Å². The maximum atomic E-state index is 12.1. The second-order valence-electron chi connectivity index (χ2n) is 7.82. The van der Waals surface area contributed by atoms with Crippen molar-refractivity contribution in [1.82, 2.24) is 4.90 Å². The van der Waals surface area contributed by atoms with Gasteiger partial charge in [-0.1, -0.05) is 66.7 Å². The van der Waals surface area contributed by atoms with Crippen LogP contribution in [-0.4, -0.2) is 39.1 Å². The van der Waals surface area contributed by atoms with E-state index >= 15 is 0 Å². The lowest BCUT2D eigenvalue weighted by Crippen LogP contribution is -2.28. The van der Waals surface area contributed by atoms with Crippen LogP contribution in [0.2, 0.25) is 0 Å². The molecule has 0 aromatic heterocycles. The number of rotatable bonds is 9. The van der Waals surface area contributed by atoms with Gasteiger partial charge in [0.1, 0.15) is 4.90 Å². The highest BCUT2D eigenvalue weighted by Gasteiger charge is 2.20. The summed E-state index contributed by atoms with van der Waals surface area (Å²) in [7, 11) is -0.423. The SMILES string of the molecule is CN(C)c1ccc(C(O)CN(Cc2ccccc2)Cc2ccccc2)cc1S(N)(=O)=O. The Kier molecular flexibility index (Phi) is 7.46. The van der Waals surface area contributed by atoms with Crippen LogP contribution >= 0.6 is 0 Å². The second-order valence-corrected chi connectivity index (χ2v) is 9.35. The molecular formula is C24H29N3O3S. The first-order chi connectivity index (χ1) is 14.7. The molecule has 0 saturated carbocycles. The minimum atomic E-state index is -3.93. The highest BCUT2D eigenvalue weighted by Crippen LogP contribution is 2.27. The summed E-state index contributed by atoms with van der Waals surface area (Å²) in [5, 5.41) is 16.4. The molecule has 3 N–H and O–H groups in total. The molecule has 3 rings (SSSR count). The van der Waals surface area contributed by atoms with Gasteiger partial charge in [-0.05, 0) is 28.8 Å². The number of benzene rings is 3. The number of nitrogens with zero attached hydrogens (tertiary/aromatic N) is 2. The number of sulfonamides is 1. The maximum Gasteiger partial charge on any atom is 0.240 e. The molecule has 0 aliphatic rings. The van der Waals surface area contributed by atoms with Gasteiger partial charge in [0.2, 0.25) is 10.0 Å². The molecular weight excluding hydrogens is 410 g/mol. The number of nitrogens with two attached hydrogens (primary N) is 1. The van der Waals surface area contributed by atoms with Crippen LogP contribution in [0.3, 0.4) is 0 Å². The van der Waals surface area contributed by atoms with Crippen LogP contribution in [0.5, 0.6) is 0 Å². The summed E-state index contributed by atoms with van der Waals surface area (Å²) in [6, 6.07) is 25.0. The van der Waals surface area contributed by atoms with Crippen molar-refractivity contribution in [3.05, 3.63) is 95.6 Å². The monoisotopic (exact) mass is 439 g/mol. The summed E-state index contributed by atoms with van der Waals surface area (Å²) >= 11 is 0. The topological polar surface area (TPSA) is 86.9 Å². The van der Waals surface area contributed by atoms with E-state index < -0.39 is 16.1 Å². The van der Waals surface area contributed by atoms with Gasteiger partial charge in [-0.2, -0.15) is 0 Å². The Morgan fingerprint density at radius 1 is 0.871 bits per heavy atom. The lowest BCUT2D eigenvalue weighted by atomic mass is 10.1. The molecule has 0 heterocycles. The molecule has 164 valence electrons. The Balaban J connectivity index is 1.86. The van der Waals surface area contributed by atoms with Gasteiger partial charge in [-0.3, -0.25) is 4.90 Å². The highest BCUT2D eigenvalue weighted by molar-refractivity contribution is 7.89. The minimum absolute atomic E-state index is 0.00622. The van der Waals surface area contributed by atoms with Crippen molar-refractivity contribution in [2.75, 3.05) is 25.5 Å². The Morgan fingerprint density at radius 3 is 1.84 bits per heavy atom. The number of primary sulfonamides is 1. The van der Waals surface area contributed by atoms with Crippen LogP contribution in [-0.2, 0) is 23.1 Å². The zero-order valence-corrected chi connectivity index (χ0v) is 18.7. The van der Waals surface area contributed by atoms with E-state index in [-0.39, 0.29) is 4.90 Å². The Bertz CT molecular complexity index is 1050. The van der Waals surface area contributed by atoms with Crippen molar-refractivity contribution >= 4 is 15.7 Å². The maximum absolute atomic E-state index is 12.1. The van der Waals surface area contributed by atoms with Gasteiger partial charge in [-0.25, -0.2) is 13.6 Å². The van der Waals surface area contributed by atoms with Crippen LogP contribution in [0.15, 0.2) is 83.8 Å². The van der Waals surface area contributed by atoms with Gasteiger partial charge in [0.05, 0.1) is 11.8 Å². The third-order valence-corrected chi connectivity index (χ3v) is 6.03. The van der Waals surface area contributed by atoms with Crippen LogP contribution in [0, 0.1) is 0 Å². The molecule has 0 spiro atoms. The summed E-state index contributed by atoms with van der Waals surface area (Å²) in [6.45, 7) is 1.66. The summed E-state index contributed by atoms with van der Waals surface area (Å²) in [4.78, 5) is 3.84. The first-order valence-corrected chi connectivity index (χ1v) is 11.6. The predicted molar refractivity (Wildman–Crippen MR) is 124 cm³/mol. The molecule has 0 aliphatic heterocycles. The predicted octanol–water partition coefficient (Wildman–Crippen LogP) is 3.14. The van der Waals surface area contributed by atoms with E-state index in [2.05, 4.69) is 29.2 Å². The van der Waals surface area contributed by atoms with Crippen LogP contribution in [0.4, 0.5) is 5.69 Å². The van der Waals surface area contributed by atoms with Gasteiger partial charge in [-0.15, -0.1) is 0 Å². The number of aliphatic hydroxyl groups is 1. The summed E-state index contributed by atoms with van der Waals surface area (Å²) in [5.74, 6) is 0. The van der Waals surface area contributed by atoms with E-state index in [4.69, 9.17) is 5.14 Å². The minimum Gasteiger partial charge on any atom is -0.387 e. The fraction of sp³-hybridized carbons (Fsp3) is 0.250. The van der Waals surface area contributed by atoms with Gasteiger partial charge in [0.25, 0.3) is 0 Å². The van der Waals surface area contributed by atoms with Crippen molar-refractivity contribution in [3.63, 3.8) is 0 Å². The number of hydrogen-bond acceptors (Lipinski definition) is 5. The van der Waals surface area contributed by atoms with Crippen LogP contribution < -0.4 is 10.0 Å². The van der Waals surface area contributed by atoms with E-state index in [0.29, 0.717) is 30.9 Å². The molecule has 0 radical (unpaired) electrons. The lowest BCUT2D eigenvalue weighted by molar-refractivity contribution is 0.105. The normalized spacial score (nSPS) is 12.7. The zero-order valence-electron chi connectivity index (χ0n) is 17.8. The fourth-order valence-corrected chi connectivity index (χ4v) is 4.40. The number of hydrogen-bond donors (Lipinski definition) is 2. The Labute approximate surface area is 184 Å². The largest absolute Gasteiger partial charge is 0.387 e. The molecule has 31 heavy (non-hydrogen) atoms. The second kappa shape index (κ2) is 10.1. The average molecular weight is 440 g/mol. The van der Waals surface area contributed by atoms with E-state index in [9.17, 15) is 13.5 Å². The molecule has 0 bridgehead atoms. The molecule has 0 amide bonds. The van der Waals surface area contributed by atoms with E-state index in [0.717, 1.165) is 11.1 Å². The number of aliphatic hydroxyl groups excluding tert-OH is 1. The van der Waals surface area contributed by atoms with Gasteiger partial charge < -0.3 is 10.0 Å².